The van der Waals surface area contributed by atoms with E-state index in [1.54, 1.807) is 0 Å². The lowest BCUT2D eigenvalue weighted by molar-refractivity contribution is 0.146. The number of hydrogen-bond acceptors (Lipinski definition) is 2. The topological polar surface area (TPSA) is 59.6 Å². The van der Waals surface area contributed by atoms with E-state index < -0.39 is 0 Å². The Bertz CT molecular complexity index is 338. The molecule has 0 aliphatic rings. The second-order valence-electron chi connectivity index (χ2n) is 3.98. The molecule has 18 heavy (non-hydrogen) atoms. The van der Waals surface area contributed by atoms with Gasteiger partial charge < -0.3 is 15.8 Å². The molecule has 0 aliphatic carbocycles. The van der Waals surface area contributed by atoms with Crippen LogP contribution in [0, 0.1) is 0 Å². The van der Waals surface area contributed by atoms with E-state index in [0.717, 1.165) is 32.6 Å². The summed E-state index contributed by atoms with van der Waals surface area (Å²) in [6.45, 7) is 5.02. The largest absolute Gasteiger partial charge is 0.382 e. The zero-order valence-corrected chi connectivity index (χ0v) is 11.1. The van der Waals surface area contributed by atoms with E-state index in [1.807, 2.05) is 25.1 Å². The molecule has 0 amide bonds. The monoisotopic (exact) mass is 249 g/mol. The van der Waals surface area contributed by atoms with E-state index in [1.165, 1.54) is 5.56 Å². The molecular weight excluding hydrogens is 226 g/mol. The van der Waals surface area contributed by atoms with E-state index in [2.05, 4.69) is 22.4 Å². The summed E-state index contributed by atoms with van der Waals surface area (Å²) in [6, 6.07) is 10.3. The molecule has 0 fully saturated rings. The molecule has 0 aliphatic heterocycles. The van der Waals surface area contributed by atoms with Crippen LogP contribution in [0.4, 0.5) is 0 Å². The van der Waals surface area contributed by atoms with Gasteiger partial charge in [0.2, 0.25) is 0 Å². The summed E-state index contributed by atoms with van der Waals surface area (Å²) in [4.78, 5) is 4.23. The summed E-state index contributed by atoms with van der Waals surface area (Å²) >= 11 is 0. The Morgan fingerprint density at radius 2 is 2.11 bits per heavy atom. The van der Waals surface area contributed by atoms with Crippen LogP contribution in [0.25, 0.3) is 0 Å². The minimum absolute atomic E-state index is 0.516. The van der Waals surface area contributed by atoms with Gasteiger partial charge in [-0.1, -0.05) is 30.3 Å². The summed E-state index contributed by atoms with van der Waals surface area (Å²) in [7, 11) is 0. The summed E-state index contributed by atoms with van der Waals surface area (Å²) in [5.74, 6) is 0.516. The molecule has 4 heteroatoms. The van der Waals surface area contributed by atoms with Crippen molar-refractivity contribution in [2.24, 2.45) is 10.7 Å². The zero-order valence-electron chi connectivity index (χ0n) is 11.1. The van der Waals surface area contributed by atoms with Gasteiger partial charge in [0.05, 0.1) is 0 Å². The van der Waals surface area contributed by atoms with Gasteiger partial charge in [-0.2, -0.15) is 0 Å². The molecule has 3 N–H and O–H groups in total. The van der Waals surface area contributed by atoms with Crippen LogP contribution in [0.1, 0.15) is 18.9 Å². The summed E-state index contributed by atoms with van der Waals surface area (Å²) in [5.41, 5.74) is 7.05. The first-order valence-electron chi connectivity index (χ1n) is 6.48. The average molecular weight is 249 g/mol. The Kier molecular flexibility index (Phi) is 7.64. The molecule has 4 nitrogen and oxygen atoms in total. The van der Waals surface area contributed by atoms with E-state index in [9.17, 15) is 0 Å². The quantitative estimate of drug-likeness (QED) is 0.417. The smallest absolute Gasteiger partial charge is 0.188 e. The average Bonchev–Trinajstić information content (AvgIpc) is 2.40. The first kappa shape index (κ1) is 14.5. The molecule has 0 spiro atoms. The van der Waals surface area contributed by atoms with Gasteiger partial charge in [-0.3, -0.25) is 4.99 Å². The van der Waals surface area contributed by atoms with Crippen molar-refractivity contribution in [1.82, 2.24) is 5.32 Å². The van der Waals surface area contributed by atoms with Gasteiger partial charge in [-0.25, -0.2) is 0 Å². The number of benzene rings is 1. The van der Waals surface area contributed by atoms with Crippen LogP contribution in [0.3, 0.4) is 0 Å². The number of nitrogens with zero attached hydrogens (tertiary/aromatic N) is 1. The minimum Gasteiger partial charge on any atom is -0.382 e. The number of guanidine groups is 1. The van der Waals surface area contributed by atoms with E-state index >= 15 is 0 Å². The first-order valence-corrected chi connectivity index (χ1v) is 6.48. The summed E-state index contributed by atoms with van der Waals surface area (Å²) in [5, 5.41) is 3.11. The molecular formula is C14H23N3O. The minimum atomic E-state index is 0.516. The highest BCUT2D eigenvalue weighted by molar-refractivity contribution is 5.77. The molecule has 0 saturated heterocycles. The van der Waals surface area contributed by atoms with Crippen LogP contribution >= 0.6 is 0 Å². The molecule has 0 unspecified atom stereocenters. The molecule has 0 radical (unpaired) electrons. The van der Waals surface area contributed by atoms with Crippen molar-refractivity contribution in [1.29, 1.82) is 0 Å². The Labute approximate surface area is 109 Å². The molecule has 0 aromatic heterocycles. The Morgan fingerprint density at radius 1 is 1.33 bits per heavy atom. The Balaban J connectivity index is 2.09. The number of aliphatic imine (C=N–C) groups is 1. The number of nitrogens with two attached hydrogens (primary N) is 1. The van der Waals surface area contributed by atoms with E-state index in [4.69, 9.17) is 10.5 Å². The SMILES string of the molecule is CCOCCCN=C(N)NCCc1ccccc1. The predicted octanol–water partition coefficient (Wildman–Crippen LogP) is 1.56. The number of rotatable bonds is 8. The molecule has 100 valence electrons. The van der Waals surface area contributed by atoms with Crippen molar-refractivity contribution in [3.8, 4) is 0 Å². The molecule has 0 atom stereocenters. The van der Waals surface area contributed by atoms with Gasteiger partial charge in [0.25, 0.3) is 0 Å². The third-order valence-corrected chi connectivity index (χ3v) is 2.50. The summed E-state index contributed by atoms with van der Waals surface area (Å²) < 4.78 is 5.22. The molecule has 0 bridgehead atoms. The lowest BCUT2D eigenvalue weighted by Crippen LogP contribution is -2.33. The second-order valence-corrected chi connectivity index (χ2v) is 3.98. The molecule has 0 saturated carbocycles. The van der Waals surface area contributed by atoms with E-state index in [-0.39, 0.29) is 0 Å². The van der Waals surface area contributed by atoms with Crippen LogP contribution in [0.2, 0.25) is 0 Å². The van der Waals surface area contributed by atoms with Gasteiger partial charge in [0, 0.05) is 26.3 Å². The fourth-order valence-corrected chi connectivity index (χ4v) is 1.55. The van der Waals surface area contributed by atoms with Gasteiger partial charge >= 0.3 is 0 Å². The predicted molar refractivity (Wildman–Crippen MR) is 75.7 cm³/mol. The van der Waals surface area contributed by atoms with Crippen molar-refractivity contribution < 1.29 is 4.74 Å². The van der Waals surface area contributed by atoms with Crippen molar-refractivity contribution >= 4 is 5.96 Å². The highest BCUT2D eigenvalue weighted by Crippen LogP contribution is 1.97. The fourth-order valence-electron chi connectivity index (χ4n) is 1.55. The highest BCUT2D eigenvalue weighted by Gasteiger charge is 1.93. The van der Waals surface area contributed by atoms with Gasteiger partial charge in [-0.05, 0) is 25.3 Å². The molecule has 0 heterocycles. The maximum atomic E-state index is 5.75. The second kappa shape index (κ2) is 9.48. The normalized spacial score (nSPS) is 11.5. The summed E-state index contributed by atoms with van der Waals surface area (Å²) in [6.07, 6.45) is 1.87. The van der Waals surface area contributed by atoms with Crippen molar-refractivity contribution in [3.63, 3.8) is 0 Å². The number of nitrogens with one attached hydrogen (secondary N) is 1. The van der Waals surface area contributed by atoms with Crippen LogP contribution in [-0.4, -0.2) is 32.3 Å². The lowest BCUT2D eigenvalue weighted by Gasteiger charge is -2.05. The fraction of sp³-hybridized carbons (Fsp3) is 0.500. The zero-order chi connectivity index (χ0) is 13.1. The van der Waals surface area contributed by atoms with Crippen molar-refractivity contribution in [2.75, 3.05) is 26.3 Å². The maximum absolute atomic E-state index is 5.75. The van der Waals surface area contributed by atoms with Crippen LogP contribution in [-0.2, 0) is 11.2 Å². The van der Waals surface area contributed by atoms with Crippen LogP contribution in [0.5, 0.6) is 0 Å². The molecule has 1 aromatic rings. The Morgan fingerprint density at radius 3 is 2.83 bits per heavy atom. The molecule has 1 aromatic carbocycles. The van der Waals surface area contributed by atoms with Gasteiger partial charge in [0.1, 0.15) is 0 Å². The standard InChI is InChI=1S/C14H23N3O/c1-2-18-12-6-10-16-14(15)17-11-9-13-7-4-3-5-8-13/h3-5,7-8H,2,6,9-12H2,1H3,(H3,15,16,17). The van der Waals surface area contributed by atoms with Gasteiger partial charge in [-0.15, -0.1) is 0 Å². The highest BCUT2D eigenvalue weighted by atomic mass is 16.5. The number of hydrogen-bond donors (Lipinski definition) is 2. The van der Waals surface area contributed by atoms with Crippen molar-refractivity contribution in [2.45, 2.75) is 19.8 Å². The van der Waals surface area contributed by atoms with Crippen LogP contribution < -0.4 is 11.1 Å². The Hall–Kier alpha value is -1.55. The third-order valence-electron chi connectivity index (χ3n) is 2.50. The molecule has 1 rings (SSSR count). The van der Waals surface area contributed by atoms with E-state index in [0.29, 0.717) is 12.5 Å². The van der Waals surface area contributed by atoms with Crippen LogP contribution in [0.15, 0.2) is 35.3 Å². The van der Waals surface area contributed by atoms with Gasteiger partial charge in [0.15, 0.2) is 5.96 Å². The maximum Gasteiger partial charge on any atom is 0.188 e. The third kappa shape index (κ3) is 6.91. The lowest BCUT2D eigenvalue weighted by atomic mass is 10.1. The van der Waals surface area contributed by atoms with Crippen molar-refractivity contribution in [3.05, 3.63) is 35.9 Å². The number of ether oxygens (including phenoxy) is 1. The first-order chi connectivity index (χ1) is 8.83.